The van der Waals surface area contributed by atoms with Crippen LogP contribution < -0.4 is 10.6 Å². The summed E-state index contributed by atoms with van der Waals surface area (Å²) in [4.78, 5) is 11.3. The van der Waals surface area contributed by atoms with Crippen molar-refractivity contribution >= 4 is 29.1 Å². The van der Waals surface area contributed by atoms with E-state index >= 15 is 0 Å². The van der Waals surface area contributed by atoms with Gasteiger partial charge >= 0.3 is 0 Å². The Bertz CT molecular complexity index is 408. The van der Waals surface area contributed by atoms with Crippen molar-refractivity contribution in [2.45, 2.75) is 20.4 Å². The zero-order chi connectivity index (χ0) is 13.5. The Balaban J connectivity index is 2.26. The van der Waals surface area contributed by atoms with E-state index in [4.69, 9.17) is 23.2 Å². The maximum Gasteiger partial charge on any atom is 0.222 e. The van der Waals surface area contributed by atoms with Crippen LogP contribution in [0.2, 0.25) is 10.0 Å². The predicted octanol–water partition coefficient (Wildman–Crippen LogP) is 2.86. The predicted molar refractivity (Wildman–Crippen MR) is 76.0 cm³/mol. The van der Waals surface area contributed by atoms with Gasteiger partial charge in [0, 0.05) is 35.6 Å². The van der Waals surface area contributed by atoms with Gasteiger partial charge in [0.05, 0.1) is 0 Å². The summed E-state index contributed by atoms with van der Waals surface area (Å²) in [6.45, 7) is 5.68. The van der Waals surface area contributed by atoms with Crippen LogP contribution in [0.3, 0.4) is 0 Å². The SMILES string of the molecule is CC(C)C(=O)NCCNCc1cc(Cl)ccc1Cl. The highest BCUT2D eigenvalue weighted by molar-refractivity contribution is 6.33. The Kier molecular flexibility index (Phi) is 6.47. The number of hydrogen-bond donors (Lipinski definition) is 2. The molecule has 0 bridgehead atoms. The largest absolute Gasteiger partial charge is 0.355 e. The third kappa shape index (κ3) is 5.25. The molecule has 1 rings (SSSR count). The highest BCUT2D eigenvalue weighted by atomic mass is 35.5. The summed E-state index contributed by atoms with van der Waals surface area (Å²) in [7, 11) is 0. The van der Waals surface area contributed by atoms with Crippen molar-refractivity contribution in [2.24, 2.45) is 5.92 Å². The van der Waals surface area contributed by atoms with Crippen molar-refractivity contribution in [1.82, 2.24) is 10.6 Å². The van der Waals surface area contributed by atoms with Crippen molar-refractivity contribution in [3.8, 4) is 0 Å². The van der Waals surface area contributed by atoms with Gasteiger partial charge < -0.3 is 10.6 Å². The Morgan fingerprint density at radius 2 is 2.00 bits per heavy atom. The molecule has 5 heteroatoms. The zero-order valence-corrected chi connectivity index (χ0v) is 12.1. The van der Waals surface area contributed by atoms with Crippen molar-refractivity contribution in [3.05, 3.63) is 33.8 Å². The maximum absolute atomic E-state index is 11.3. The van der Waals surface area contributed by atoms with Gasteiger partial charge in [0.15, 0.2) is 0 Å². The van der Waals surface area contributed by atoms with Crippen LogP contribution in [0.5, 0.6) is 0 Å². The molecular weight excluding hydrogens is 271 g/mol. The molecule has 0 fully saturated rings. The smallest absolute Gasteiger partial charge is 0.222 e. The van der Waals surface area contributed by atoms with Crippen molar-refractivity contribution in [1.29, 1.82) is 0 Å². The highest BCUT2D eigenvalue weighted by Crippen LogP contribution is 2.20. The summed E-state index contributed by atoms with van der Waals surface area (Å²) >= 11 is 11.9. The summed E-state index contributed by atoms with van der Waals surface area (Å²) in [5.41, 5.74) is 0.958. The Morgan fingerprint density at radius 1 is 1.28 bits per heavy atom. The minimum atomic E-state index is 0.0207. The molecule has 0 spiro atoms. The minimum Gasteiger partial charge on any atom is -0.355 e. The summed E-state index contributed by atoms with van der Waals surface area (Å²) in [5, 5.41) is 7.40. The second-order valence-electron chi connectivity index (χ2n) is 4.36. The number of amides is 1. The lowest BCUT2D eigenvalue weighted by Crippen LogP contribution is -2.34. The summed E-state index contributed by atoms with van der Waals surface area (Å²) in [5.74, 6) is 0.0879. The first-order valence-electron chi connectivity index (χ1n) is 5.93. The molecule has 0 saturated carbocycles. The van der Waals surface area contributed by atoms with Gasteiger partial charge in [-0.2, -0.15) is 0 Å². The molecule has 1 aromatic carbocycles. The number of nitrogens with one attached hydrogen (secondary N) is 2. The fourth-order valence-electron chi connectivity index (χ4n) is 1.38. The number of halogens is 2. The van der Waals surface area contributed by atoms with Gasteiger partial charge in [0.1, 0.15) is 0 Å². The molecule has 0 aliphatic heterocycles. The summed E-state index contributed by atoms with van der Waals surface area (Å²) in [6.07, 6.45) is 0. The topological polar surface area (TPSA) is 41.1 Å². The number of rotatable bonds is 6. The van der Waals surface area contributed by atoms with E-state index in [0.29, 0.717) is 29.7 Å². The fourth-order valence-corrected chi connectivity index (χ4v) is 1.76. The molecule has 0 atom stereocenters. The Labute approximate surface area is 118 Å². The van der Waals surface area contributed by atoms with Gasteiger partial charge in [-0.25, -0.2) is 0 Å². The van der Waals surface area contributed by atoms with Crippen LogP contribution in [0.25, 0.3) is 0 Å². The molecular formula is C13H18Cl2N2O. The van der Waals surface area contributed by atoms with Crippen molar-refractivity contribution in [3.63, 3.8) is 0 Å². The van der Waals surface area contributed by atoms with E-state index in [1.807, 2.05) is 19.9 Å². The van der Waals surface area contributed by atoms with Crippen LogP contribution >= 0.6 is 23.2 Å². The molecule has 0 aliphatic rings. The number of carbonyl (C=O) groups excluding carboxylic acids is 1. The Hall–Kier alpha value is -0.770. The van der Waals surface area contributed by atoms with Gasteiger partial charge in [0.25, 0.3) is 0 Å². The van der Waals surface area contributed by atoms with Gasteiger partial charge in [-0.05, 0) is 23.8 Å². The molecule has 0 unspecified atom stereocenters. The second kappa shape index (κ2) is 7.62. The first kappa shape index (κ1) is 15.3. The van der Waals surface area contributed by atoms with E-state index in [0.717, 1.165) is 5.56 Å². The standard InChI is InChI=1S/C13H18Cl2N2O/c1-9(2)13(18)17-6-5-16-8-10-7-11(14)3-4-12(10)15/h3-4,7,9,16H,5-6,8H2,1-2H3,(H,17,18). The van der Waals surface area contributed by atoms with E-state index < -0.39 is 0 Å². The third-order valence-electron chi connectivity index (χ3n) is 2.45. The number of hydrogen-bond acceptors (Lipinski definition) is 2. The molecule has 0 aliphatic carbocycles. The lowest BCUT2D eigenvalue weighted by Gasteiger charge is -2.09. The quantitative estimate of drug-likeness (QED) is 0.791. The highest BCUT2D eigenvalue weighted by Gasteiger charge is 2.05. The normalized spacial score (nSPS) is 10.7. The van der Waals surface area contributed by atoms with Crippen LogP contribution in [0.15, 0.2) is 18.2 Å². The van der Waals surface area contributed by atoms with Crippen LogP contribution in [-0.4, -0.2) is 19.0 Å². The van der Waals surface area contributed by atoms with E-state index in [9.17, 15) is 4.79 Å². The molecule has 1 aromatic rings. The molecule has 0 heterocycles. The molecule has 0 radical (unpaired) electrons. The third-order valence-corrected chi connectivity index (χ3v) is 3.05. The lowest BCUT2D eigenvalue weighted by atomic mass is 10.2. The molecule has 18 heavy (non-hydrogen) atoms. The zero-order valence-electron chi connectivity index (χ0n) is 10.6. The van der Waals surface area contributed by atoms with Crippen LogP contribution in [0.1, 0.15) is 19.4 Å². The molecule has 0 saturated heterocycles. The first-order valence-corrected chi connectivity index (χ1v) is 6.68. The first-order chi connectivity index (χ1) is 8.50. The summed E-state index contributed by atoms with van der Waals surface area (Å²) < 4.78 is 0. The number of carbonyl (C=O) groups is 1. The number of benzene rings is 1. The average molecular weight is 289 g/mol. The molecule has 100 valence electrons. The Morgan fingerprint density at radius 3 is 2.67 bits per heavy atom. The van der Waals surface area contributed by atoms with Gasteiger partial charge in [-0.1, -0.05) is 37.0 Å². The van der Waals surface area contributed by atoms with Gasteiger partial charge in [0.2, 0.25) is 5.91 Å². The average Bonchev–Trinajstić information content (AvgIpc) is 2.32. The molecule has 1 amide bonds. The summed E-state index contributed by atoms with van der Waals surface area (Å²) in [6, 6.07) is 5.38. The van der Waals surface area contributed by atoms with E-state index in [1.54, 1.807) is 12.1 Å². The maximum atomic E-state index is 11.3. The molecule has 2 N–H and O–H groups in total. The molecule has 0 aromatic heterocycles. The lowest BCUT2D eigenvalue weighted by molar-refractivity contribution is -0.123. The minimum absolute atomic E-state index is 0.0207. The second-order valence-corrected chi connectivity index (χ2v) is 5.20. The monoisotopic (exact) mass is 288 g/mol. The van der Waals surface area contributed by atoms with Crippen LogP contribution in [0.4, 0.5) is 0 Å². The van der Waals surface area contributed by atoms with E-state index in [-0.39, 0.29) is 11.8 Å². The molecule has 3 nitrogen and oxygen atoms in total. The van der Waals surface area contributed by atoms with Gasteiger partial charge in [-0.15, -0.1) is 0 Å². The van der Waals surface area contributed by atoms with E-state index in [1.165, 1.54) is 0 Å². The fraction of sp³-hybridized carbons (Fsp3) is 0.462. The van der Waals surface area contributed by atoms with Crippen LogP contribution in [-0.2, 0) is 11.3 Å². The van der Waals surface area contributed by atoms with Crippen molar-refractivity contribution < 1.29 is 4.79 Å². The van der Waals surface area contributed by atoms with Crippen molar-refractivity contribution in [2.75, 3.05) is 13.1 Å². The van der Waals surface area contributed by atoms with Gasteiger partial charge in [-0.3, -0.25) is 4.79 Å². The van der Waals surface area contributed by atoms with Crippen LogP contribution in [0, 0.1) is 5.92 Å². The van der Waals surface area contributed by atoms with E-state index in [2.05, 4.69) is 10.6 Å².